The van der Waals surface area contributed by atoms with E-state index in [1.165, 1.54) is 0 Å². The van der Waals surface area contributed by atoms with E-state index in [1.807, 2.05) is 0 Å². The summed E-state index contributed by atoms with van der Waals surface area (Å²) < 4.78 is 44.6. The molecule has 7 atom stereocenters. The number of nitrogens with one attached hydrogen (secondary N) is 4. The van der Waals surface area contributed by atoms with Crippen LogP contribution in [0.4, 0.5) is 0 Å². The van der Waals surface area contributed by atoms with E-state index in [0.29, 0.717) is 24.2 Å². The highest BCUT2D eigenvalue weighted by atomic mass is 31.2. The monoisotopic (exact) mass is 530 g/mol. The number of hydrogen-bond acceptors (Lipinski definition) is 10. The van der Waals surface area contributed by atoms with Crippen LogP contribution in [0.3, 0.4) is 0 Å². The van der Waals surface area contributed by atoms with Crippen molar-refractivity contribution in [1.29, 1.82) is 0 Å². The third-order valence-corrected chi connectivity index (χ3v) is 7.41. The Morgan fingerprint density at radius 1 is 0.765 bits per heavy atom. The molecule has 0 aromatic rings. The van der Waals surface area contributed by atoms with E-state index in [-0.39, 0.29) is 38.5 Å². The quantitative estimate of drug-likeness (QED) is 0.159. The molecule has 0 aromatic carbocycles. The molecule has 2 rings (SSSR count). The predicted octanol–water partition coefficient (Wildman–Crippen LogP) is 1.35. The molecule has 0 saturated carbocycles. The molecule has 12 nitrogen and oxygen atoms in total. The van der Waals surface area contributed by atoms with Crippen LogP contribution in [0.15, 0.2) is 0 Å². The van der Waals surface area contributed by atoms with E-state index in [9.17, 15) is 18.9 Å². The van der Waals surface area contributed by atoms with Crippen molar-refractivity contribution < 1.29 is 37.0 Å². The van der Waals surface area contributed by atoms with Gasteiger partial charge in [-0.1, -0.05) is 34.6 Å². The van der Waals surface area contributed by atoms with Gasteiger partial charge in [0.15, 0.2) is 0 Å². The predicted molar refractivity (Wildman–Crippen MR) is 130 cm³/mol. The van der Waals surface area contributed by atoms with Crippen LogP contribution in [0, 0.1) is 5.92 Å². The van der Waals surface area contributed by atoms with Crippen molar-refractivity contribution in [2.24, 2.45) is 5.92 Å². The smallest absolute Gasteiger partial charge is 0.310 e. The molecule has 2 fully saturated rings. The molecule has 0 amide bonds. The van der Waals surface area contributed by atoms with Crippen molar-refractivity contribution >= 4 is 15.6 Å². The van der Waals surface area contributed by atoms with Gasteiger partial charge in [-0.05, 0) is 12.8 Å². The molecule has 6 N–H and O–H groups in total. The van der Waals surface area contributed by atoms with Gasteiger partial charge in [-0.15, -0.1) is 0 Å². The third-order valence-electron chi connectivity index (χ3n) is 5.50. The van der Waals surface area contributed by atoms with Crippen molar-refractivity contribution in [3.8, 4) is 0 Å². The van der Waals surface area contributed by atoms with Crippen LogP contribution < -0.4 is 21.3 Å². The first-order valence-electron chi connectivity index (χ1n) is 12.1. The van der Waals surface area contributed by atoms with Gasteiger partial charge in [0, 0.05) is 55.3 Å². The maximum atomic E-state index is 12.2. The van der Waals surface area contributed by atoms with E-state index in [0.717, 1.165) is 25.9 Å². The van der Waals surface area contributed by atoms with E-state index < -0.39 is 21.6 Å². The van der Waals surface area contributed by atoms with Crippen LogP contribution in [0.1, 0.15) is 47.5 Å². The van der Waals surface area contributed by atoms with Gasteiger partial charge in [0.25, 0.3) is 0 Å². The van der Waals surface area contributed by atoms with E-state index >= 15 is 0 Å². The number of hydrogen-bond donors (Lipinski definition) is 6. The molecule has 0 radical (unpaired) electrons. The van der Waals surface area contributed by atoms with Crippen LogP contribution in [-0.4, -0.2) is 85.6 Å². The van der Waals surface area contributed by atoms with Crippen LogP contribution in [0.5, 0.6) is 0 Å². The summed E-state index contributed by atoms with van der Waals surface area (Å²) >= 11 is 0. The number of phosphoric acid groups is 2. The fourth-order valence-corrected chi connectivity index (χ4v) is 5.79. The normalized spacial score (nSPS) is 30.0. The largest absolute Gasteiger partial charge is 0.472 e. The topological polar surface area (TPSA) is 160 Å². The zero-order chi connectivity index (χ0) is 25.4. The summed E-state index contributed by atoms with van der Waals surface area (Å²) in [5, 5.41) is 13.3. The van der Waals surface area contributed by atoms with Gasteiger partial charge in [-0.2, -0.15) is 0 Å². The van der Waals surface area contributed by atoms with Gasteiger partial charge in [0.2, 0.25) is 0 Å². The molecule has 2 heterocycles. The minimum atomic E-state index is -4.25. The van der Waals surface area contributed by atoms with Gasteiger partial charge in [0.05, 0.1) is 26.4 Å². The molecule has 2 aliphatic heterocycles. The molecule has 4 unspecified atom stereocenters. The highest BCUT2D eigenvalue weighted by Crippen LogP contribution is 2.46. The first-order valence-corrected chi connectivity index (χ1v) is 15.0. The molecule has 0 bridgehead atoms. The van der Waals surface area contributed by atoms with Crippen LogP contribution in [0.2, 0.25) is 0 Å². The Hall–Kier alpha value is 0.0600. The van der Waals surface area contributed by atoms with Crippen molar-refractivity contribution in [3.63, 3.8) is 0 Å². The van der Waals surface area contributed by atoms with Gasteiger partial charge in [0.1, 0.15) is 0 Å². The Morgan fingerprint density at radius 2 is 1.15 bits per heavy atom. The van der Waals surface area contributed by atoms with E-state index in [2.05, 4.69) is 49.0 Å². The molecule has 0 spiro atoms. The maximum Gasteiger partial charge on any atom is 0.472 e. The molecule has 0 aromatic heterocycles. The first-order chi connectivity index (χ1) is 15.8. The summed E-state index contributed by atoms with van der Waals surface area (Å²) in [4.78, 5) is 19.9. The van der Waals surface area contributed by atoms with Crippen LogP contribution >= 0.6 is 15.6 Å². The lowest BCUT2D eigenvalue weighted by Crippen LogP contribution is -2.35. The molecule has 0 aliphatic carbocycles. The summed E-state index contributed by atoms with van der Waals surface area (Å²) in [6.07, 6.45) is 1.58. The molecule has 202 valence electrons. The molecular formula is C20H44N4O8P2. The summed E-state index contributed by atoms with van der Waals surface area (Å²) in [7, 11) is -8.49. The molecular weight excluding hydrogens is 486 g/mol. The highest BCUT2D eigenvalue weighted by Gasteiger charge is 2.31. The fourth-order valence-electron chi connectivity index (χ4n) is 4.02. The van der Waals surface area contributed by atoms with E-state index in [4.69, 9.17) is 18.1 Å². The molecule has 14 heteroatoms. The fraction of sp³-hybridized carbons (Fsp3) is 1.00. The highest BCUT2D eigenvalue weighted by molar-refractivity contribution is 7.47. The van der Waals surface area contributed by atoms with Crippen molar-refractivity contribution in [1.82, 2.24) is 21.3 Å². The van der Waals surface area contributed by atoms with Crippen LogP contribution in [0.25, 0.3) is 0 Å². The zero-order valence-electron chi connectivity index (χ0n) is 20.9. The Balaban J connectivity index is 1.60. The van der Waals surface area contributed by atoms with E-state index in [1.54, 1.807) is 6.92 Å². The lowest BCUT2D eigenvalue weighted by molar-refractivity contribution is 0.0931. The standard InChI is InChI=1S/C20H44N4O8P2/c1-14(2)23-17-6-19(21-8-17)12-31-33(25,26)29-10-16(5)11-30-34(27,28)32-13-20-7-18(9-22-20)24-15(3)4/h14-24H,6-13H2,1-5H3,(H,25,26)(H,27,28)/t16?,17-,18+,19-,20?/m0/s1. The Morgan fingerprint density at radius 3 is 1.50 bits per heavy atom. The van der Waals surface area contributed by atoms with Crippen molar-refractivity contribution in [3.05, 3.63) is 0 Å². The first kappa shape index (κ1) is 30.3. The summed E-state index contributed by atoms with van der Waals surface area (Å²) in [5.74, 6) is -0.429. The van der Waals surface area contributed by atoms with Gasteiger partial charge < -0.3 is 31.1 Å². The van der Waals surface area contributed by atoms with Gasteiger partial charge >= 0.3 is 15.6 Å². The van der Waals surface area contributed by atoms with Crippen molar-refractivity contribution in [2.45, 2.75) is 83.7 Å². The SMILES string of the molecule is CC(COP(=O)(O)OCC1C[C@@H](NC(C)C)CN1)COP(=O)(O)OC[C@@H]1C[C@H](NC(C)C)CN1. The van der Waals surface area contributed by atoms with Gasteiger partial charge in [-0.3, -0.25) is 18.1 Å². The summed E-state index contributed by atoms with van der Waals surface area (Å²) in [5.41, 5.74) is 0. The second kappa shape index (κ2) is 14.1. The zero-order valence-corrected chi connectivity index (χ0v) is 22.7. The second-order valence-electron chi connectivity index (χ2n) is 9.94. The Kier molecular flexibility index (Phi) is 12.6. The average molecular weight is 531 g/mol. The average Bonchev–Trinajstić information content (AvgIpc) is 3.36. The van der Waals surface area contributed by atoms with Crippen LogP contribution in [-0.2, 0) is 27.2 Å². The Labute approximate surface area is 203 Å². The molecule has 2 aliphatic rings. The number of phosphoric ester groups is 2. The summed E-state index contributed by atoms with van der Waals surface area (Å²) in [6.45, 7) is 11.3. The third kappa shape index (κ3) is 12.3. The van der Waals surface area contributed by atoms with Crippen molar-refractivity contribution in [2.75, 3.05) is 39.5 Å². The lowest BCUT2D eigenvalue weighted by atomic mass is 10.1. The Bertz CT molecular complexity index is 645. The van der Waals surface area contributed by atoms with Gasteiger partial charge in [-0.25, -0.2) is 9.13 Å². The minimum absolute atomic E-state index is 0.0377. The maximum absolute atomic E-state index is 12.2. The molecule has 34 heavy (non-hydrogen) atoms. The minimum Gasteiger partial charge on any atom is -0.310 e. The summed E-state index contributed by atoms with van der Waals surface area (Å²) in [6, 6.07) is 1.24. The second-order valence-corrected chi connectivity index (χ2v) is 12.9. The number of rotatable bonds is 16. The lowest BCUT2D eigenvalue weighted by Gasteiger charge is -2.20. The molecule has 2 saturated heterocycles.